The number of methoxy groups -OCH3 is 1. The van der Waals surface area contributed by atoms with Gasteiger partial charge in [-0.15, -0.1) is 12.4 Å². The van der Waals surface area contributed by atoms with Gasteiger partial charge in [0.1, 0.15) is 0 Å². The van der Waals surface area contributed by atoms with Crippen molar-refractivity contribution in [2.24, 2.45) is 5.41 Å². The van der Waals surface area contributed by atoms with E-state index in [1.54, 1.807) is 25.3 Å². The number of halogens is 3. The van der Waals surface area contributed by atoms with Gasteiger partial charge in [0, 0.05) is 29.1 Å². The first-order valence-electron chi connectivity index (χ1n) is 7.45. The first kappa shape index (κ1) is 20.5. The van der Waals surface area contributed by atoms with E-state index in [0.717, 1.165) is 31.5 Å². The summed E-state index contributed by atoms with van der Waals surface area (Å²) in [6, 6.07) is 5.19. The SMILES string of the molecule is COCC1(CNC(=O)Cc2ccc(Cl)cc2Cl)CCNCC1.Cl. The third-order valence-electron chi connectivity index (χ3n) is 4.14. The molecular formula is C16H23Cl3N2O2. The van der Waals surface area contributed by atoms with Crippen molar-refractivity contribution in [3.05, 3.63) is 33.8 Å². The molecule has 1 heterocycles. The second kappa shape index (κ2) is 9.70. The highest BCUT2D eigenvalue weighted by Gasteiger charge is 2.32. The summed E-state index contributed by atoms with van der Waals surface area (Å²) in [6.45, 7) is 3.22. The van der Waals surface area contributed by atoms with Gasteiger partial charge in [0.25, 0.3) is 0 Å². The monoisotopic (exact) mass is 380 g/mol. The Morgan fingerprint density at radius 2 is 2.04 bits per heavy atom. The number of carbonyl (C=O) groups excluding carboxylic acids is 1. The van der Waals surface area contributed by atoms with Gasteiger partial charge in [-0.05, 0) is 43.6 Å². The predicted octanol–water partition coefficient (Wildman–Crippen LogP) is 3.09. The zero-order chi connectivity index (χ0) is 16.0. The molecule has 1 aromatic rings. The molecule has 0 radical (unpaired) electrons. The summed E-state index contributed by atoms with van der Waals surface area (Å²) in [5.41, 5.74) is 0.814. The molecule has 1 aromatic carbocycles. The molecule has 0 spiro atoms. The Balaban J connectivity index is 0.00000264. The molecule has 1 saturated heterocycles. The average molecular weight is 382 g/mol. The summed E-state index contributed by atoms with van der Waals surface area (Å²) in [5.74, 6) is -0.0294. The zero-order valence-electron chi connectivity index (χ0n) is 13.2. The molecule has 130 valence electrons. The van der Waals surface area contributed by atoms with Crippen LogP contribution in [-0.4, -0.2) is 39.3 Å². The lowest BCUT2D eigenvalue weighted by molar-refractivity contribution is -0.121. The van der Waals surface area contributed by atoms with Crippen LogP contribution in [0, 0.1) is 5.41 Å². The number of hydrogen-bond donors (Lipinski definition) is 2. The van der Waals surface area contributed by atoms with E-state index in [2.05, 4.69) is 10.6 Å². The van der Waals surface area contributed by atoms with Crippen LogP contribution in [0.25, 0.3) is 0 Å². The fourth-order valence-corrected chi connectivity index (χ4v) is 3.30. The van der Waals surface area contributed by atoms with Gasteiger partial charge in [0.05, 0.1) is 13.0 Å². The molecule has 0 atom stereocenters. The summed E-state index contributed by atoms with van der Waals surface area (Å²) in [5, 5.41) is 7.47. The number of hydrogen-bond acceptors (Lipinski definition) is 3. The molecule has 0 unspecified atom stereocenters. The molecule has 1 aliphatic heterocycles. The van der Waals surface area contributed by atoms with E-state index in [1.807, 2.05) is 0 Å². The van der Waals surface area contributed by atoms with Crippen molar-refractivity contribution in [2.75, 3.05) is 33.4 Å². The van der Waals surface area contributed by atoms with E-state index in [0.29, 0.717) is 23.2 Å². The van der Waals surface area contributed by atoms with Crippen LogP contribution in [0.3, 0.4) is 0 Å². The Hall–Kier alpha value is -0.520. The second-order valence-electron chi connectivity index (χ2n) is 5.87. The molecule has 0 bridgehead atoms. The van der Waals surface area contributed by atoms with Crippen LogP contribution in [0.4, 0.5) is 0 Å². The van der Waals surface area contributed by atoms with E-state index in [-0.39, 0.29) is 30.2 Å². The van der Waals surface area contributed by atoms with Gasteiger partial charge in [0.2, 0.25) is 5.91 Å². The lowest BCUT2D eigenvalue weighted by Gasteiger charge is -2.37. The smallest absolute Gasteiger partial charge is 0.224 e. The van der Waals surface area contributed by atoms with Crippen LogP contribution in [-0.2, 0) is 16.0 Å². The Morgan fingerprint density at radius 3 is 2.65 bits per heavy atom. The lowest BCUT2D eigenvalue weighted by atomic mass is 9.79. The number of benzene rings is 1. The third-order valence-corrected chi connectivity index (χ3v) is 4.73. The number of rotatable bonds is 6. The Bertz CT molecular complexity index is 515. The zero-order valence-corrected chi connectivity index (χ0v) is 15.5. The van der Waals surface area contributed by atoms with E-state index < -0.39 is 0 Å². The standard InChI is InChI=1S/C16H22Cl2N2O2.ClH/c1-22-11-16(4-6-19-7-5-16)10-20-15(21)8-12-2-3-13(17)9-14(12)18;/h2-3,9,19H,4-8,10-11H2,1H3,(H,20,21);1H. The van der Waals surface area contributed by atoms with Crippen molar-refractivity contribution < 1.29 is 9.53 Å². The van der Waals surface area contributed by atoms with Crippen LogP contribution in [0.2, 0.25) is 10.0 Å². The maximum Gasteiger partial charge on any atom is 0.224 e. The van der Waals surface area contributed by atoms with E-state index >= 15 is 0 Å². The van der Waals surface area contributed by atoms with Crippen LogP contribution >= 0.6 is 35.6 Å². The maximum absolute atomic E-state index is 12.2. The molecule has 0 saturated carbocycles. The molecule has 2 rings (SSSR count). The van der Waals surface area contributed by atoms with Crippen LogP contribution in [0.15, 0.2) is 18.2 Å². The lowest BCUT2D eigenvalue weighted by Crippen LogP contribution is -2.47. The fraction of sp³-hybridized carbons (Fsp3) is 0.562. The van der Waals surface area contributed by atoms with Crippen molar-refractivity contribution in [1.29, 1.82) is 0 Å². The topological polar surface area (TPSA) is 50.4 Å². The summed E-state index contributed by atoms with van der Waals surface area (Å²) in [6.07, 6.45) is 2.27. The number of nitrogens with one attached hydrogen (secondary N) is 2. The van der Waals surface area contributed by atoms with Gasteiger partial charge in [0.15, 0.2) is 0 Å². The van der Waals surface area contributed by atoms with Crippen molar-refractivity contribution in [3.8, 4) is 0 Å². The highest BCUT2D eigenvalue weighted by atomic mass is 35.5. The van der Waals surface area contributed by atoms with Crippen molar-refractivity contribution >= 4 is 41.5 Å². The fourth-order valence-electron chi connectivity index (χ4n) is 2.82. The van der Waals surface area contributed by atoms with E-state index in [9.17, 15) is 4.79 Å². The Morgan fingerprint density at radius 1 is 1.35 bits per heavy atom. The summed E-state index contributed by atoms with van der Waals surface area (Å²) in [4.78, 5) is 12.2. The van der Waals surface area contributed by atoms with Crippen LogP contribution in [0.1, 0.15) is 18.4 Å². The molecule has 7 heteroatoms. The van der Waals surface area contributed by atoms with Crippen molar-refractivity contribution in [2.45, 2.75) is 19.3 Å². The molecule has 1 aliphatic rings. The molecule has 1 fully saturated rings. The van der Waals surface area contributed by atoms with Gasteiger partial charge < -0.3 is 15.4 Å². The van der Waals surface area contributed by atoms with Crippen LogP contribution in [0.5, 0.6) is 0 Å². The van der Waals surface area contributed by atoms with E-state index in [4.69, 9.17) is 27.9 Å². The highest BCUT2D eigenvalue weighted by Crippen LogP contribution is 2.28. The van der Waals surface area contributed by atoms with Gasteiger partial charge in [-0.3, -0.25) is 4.79 Å². The molecule has 23 heavy (non-hydrogen) atoms. The van der Waals surface area contributed by atoms with Gasteiger partial charge in [-0.1, -0.05) is 29.3 Å². The highest BCUT2D eigenvalue weighted by molar-refractivity contribution is 6.35. The predicted molar refractivity (Wildman–Crippen MR) is 96.8 cm³/mol. The van der Waals surface area contributed by atoms with E-state index in [1.165, 1.54) is 0 Å². The van der Waals surface area contributed by atoms with Gasteiger partial charge in [-0.25, -0.2) is 0 Å². The average Bonchev–Trinajstić information content (AvgIpc) is 2.50. The number of carbonyl (C=O) groups is 1. The van der Waals surface area contributed by atoms with Crippen LogP contribution < -0.4 is 10.6 Å². The minimum Gasteiger partial charge on any atom is -0.384 e. The van der Waals surface area contributed by atoms with Crippen molar-refractivity contribution in [1.82, 2.24) is 10.6 Å². The first-order valence-corrected chi connectivity index (χ1v) is 8.20. The Kier molecular flexibility index (Phi) is 8.65. The molecule has 0 aromatic heterocycles. The third kappa shape index (κ3) is 6.12. The molecule has 0 aliphatic carbocycles. The number of piperidine rings is 1. The largest absolute Gasteiger partial charge is 0.384 e. The second-order valence-corrected chi connectivity index (χ2v) is 6.72. The number of ether oxygens (including phenoxy) is 1. The Labute approximate surface area is 153 Å². The number of amides is 1. The maximum atomic E-state index is 12.2. The van der Waals surface area contributed by atoms with Gasteiger partial charge >= 0.3 is 0 Å². The molecule has 4 nitrogen and oxygen atoms in total. The minimum atomic E-state index is -0.0294. The minimum absolute atomic E-state index is 0. The van der Waals surface area contributed by atoms with Gasteiger partial charge in [-0.2, -0.15) is 0 Å². The molecule has 1 amide bonds. The normalized spacial score (nSPS) is 16.5. The quantitative estimate of drug-likeness (QED) is 0.796. The molecule has 2 N–H and O–H groups in total. The van der Waals surface area contributed by atoms with Crippen molar-refractivity contribution in [3.63, 3.8) is 0 Å². The molecular weight excluding hydrogens is 359 g/mol. The summed E-state index contributed by atoms with van der Waals surface area (Å²) in [7, 11) is 1.71. The summed E-state index contributed by atoms with van der Waals surface area (Å²) < 4.78 is 5.35. The summed E-state index contributed by atoms with van der Waals surface area (Å²) >= 11 is 12.0. The first-order chi connectivity index (χ1) is 10.5.